The molecule has 0 radical (unpaired) electrons. The number of pyridine rings is 1. The second-order valence-corrected chi connectivity index (χ2v) is 2.38. The molecule has 0 saturated carbocycles. The maximum Gasteiger partial charge on any atom is 1.00 e. The van der Waals surface area contributed by atoms with Crippen molar-refractivity contribution in [2.24, 2.45) is 0 Å². The Kier molecular flexibility index (Phi) is 5.36. The average molecular weight is 219 g/mol. The van der Waals surface area contributed by atoms with Gasteiger partial charge in [0, 0.05) is 17.4 Å². The summed E-state index contributed by atoms with van der Waals surface area (Å²) in [5.41, 5.74) is -0.839. The summed E-state index contributed by atoms with van der Waals surface area (Å²) >= 11 is 5.26. The topological polar surface area (TPSA) is 12.9 Å². The summed E-state index contributed by atoms with van der Waals surface area (Å²) in [7, 11) is 0. The molecule has 0 bridgehead atoms. The van der Waals surface area contributed by atoms with Gasteiger partial charge in [-0.2, -0.15) is 0 Å². The van der Waals surface area contributed by atoms with Gasteiger partial charge >= 0.3 is 58.4 Å². The van der Waals surface area contributed by atoms with Crippen molar-refractivity contribution in [1.82, 2.24) is 4.98 Å². The van der Waals surface area contributed by atoms with Crippen LogP contribution in [0.2, 0.25) is 5.02 Å². The van der Waals surface area contributed by atoms with E-state index in [1.54, 1.807) is 0 Å². The monoisotopic (exact) mass is 219 g/mol. The molecule has 7 heteroatoms. The number of nitrogens with zero attached hydrogens (tertiary/aromatic N) is 1. The summed E-state index contributed by atoms with van der Waals surface area (Å²) in [6, 6.07) is 1.12. The molecule has 1 nitrogen and oxygen atoms in total. The fraction of sp³-hybridized carbons (Fsp3) is 0. The maximum absolute atomic E-state index is 12.0. The molecule has 1 aromatic rings. The Hall–Kier alpha value is 0.931. The standard InChI is InChI=1S/C5H3BClF3N.K/c7-5-1-2-11-3-4(5)6(8,9)10;/h1-3H;/q-1;+1. The van der Waals surface area contributed by atoms with Gasteiger partial charge in [0.1, 0.15) is 0 Å². The van der Waals surface area contributed by atoms with Gasteiger partial charge in [0.15, 0.2) is 0 Å². The molecule has 0 unspecified atom stereocenters. The summed E-state index contributed by atoms with van der Waals surface area (Å²) in [4.78, 5) is 3.32. The Morgan fingerprint density at radius 1 is 1.33 bits per heavy atom. The molecule has 0 aliphatic carbocycles. The van der Waals surface area contributed by atoms with Crippen molar-refractivity contribution in [1.29, 1.82) is 0 Å². The molecule has 1 heterocycles. The van der Waals surface area contributed by atoms with Crippen LogP contribution in [0.4, 0.5) is 12.9 Å². The Morgan fingerprint density at radius 3 is 2.25 bits per heavy atom. The summed E-state index contributed by atoms with van der Waals surface area (Å²) in [5.74, 6) is 0. The molecule has 0 spiro atoms. The van der Waals surface area contributed by atoms with E-state index in [0.29, 0.717) is 0 Å². The molecule has 0 aromatic carbocycles. The minimum absolute atomic E-state index is 0. The van der Waals surface area contributed by atoms with Gasteiger partial charge in [0.2, 0.25) is 0 Å². The van der Waals surface area contributed by atoms with E-state index in [4.69, 9.17) is 11.6 Å². The smallest absolute Gasteiger partial charge is 0.445 e. The predicted octanol–water partition coefficient (Wildman–Crippen LogP) is -1.21. The molecule has 1 aromatic heterocycles. The van der Waals surface area contributed by atoms with E-state index in [1.165, 1.54) is 6.20 Å². The number of hydrogen-bond acceptors (Lipinski definition) is 1. The summed E-state index contributed by atoms with van der Waals surface area (Å²) in [6.45, 7) is -5.02. The molecule has 60 valence electrons. The van der Waals surface area contributed by atoms with Gasteiger partial charge in [-0.05, 0) is 6.07 Å². The zero-order valence-electron chi connectivity index (χ0n) is 6.27. The molecule has 0 atom stereocenters. The first kappa shape index (κ1) is 12.9. The molecule has 0 fully saturated rings. The first-order valence-electron chi connectivity index (χ1n) is 2.81. The first-order valence-corrected chi connectivity index (χ1v) is 3.19. The summed E-state index contributed by atoms with van der Waals surface area (Å²) in [5, 5.41) is -0.299. The van der Waals surface area contributed by atoms with E-state index in [-0.39, 0.29) is 56.4 Å². The molecular weight excluding hydrogens is 216 g/mol. The number of halogens is 4. The molecule has 1 rings (SSSR count). The summed E-state index contributed by atoms with van der Waals surface area (Å²) < 4.78 is 36.0. The van der Waals surface area contributed by atoms with Crippen molar-refractivity contribution in [3.8, 4) is 0 Å². The second-order valence-electron chi connectivity index (χ2n) is 1.97. The van der Waals surface area contributed by atoms with Crippen LogP contribution in [0.15, 0.2) is 18.5 Å². The van der Waals surface area contributed by atoms with E-state index in [1.807, 2.05) is 0 Å². The van der Waals surface area contributed by atoms with E-state index in [2.05, 4.69) is 4.98 Å². The fourth-order valence-corrected chi connectivity index (χ4v) is 0.859. The van der Waals surface area contributed by atoms with Crippen molar-refractivity contribution >= 4 is 24.0 Å². The van der Waals surface area contributed by atoms with Crippen LogP contribution in [-0.4, -0.2) is 12.0 Å². The van der Waals surface area contributed by atoms with Crippen LogP contribution in [0.1, 0.15) is 0 Å². The van der Waals surface area contributed by atoms with Crippen LogP contribution < -0.4 is 56.8 Å². The minimum atomic E-state index is -5.02. The van der Waals surface area contributed by atoms with Crippen molar-refractivity contribution < 1.29 is 64.3 Å². The first-order chi connectivity index (χ1) is 5.02. The molecule has 0 N–H and O–H groups in total. The molecule has 12 heavy (non-hydrogen) atoms. The van der Waals surface area contributed by atoms with Crippen LogP contribution in [-0.2, 0) is 0 Å². The molecule has 0 saturated heterocycles. The summed E-state index contributed by atoms with van der Waals surface area (Å²) in [6.07, 6.45) is 1.94. The SMILES string of the molecule is F[B-](F)(F)c1cnccc1Cl.[K+]. The predicted molar refractivity (Wildman–Crippen MR) is 38.0 cm³/mol. The normalized spacial score (nSPS) is 10.7. The fourth-order valence-electron chi connectivity index (χ4n) is 0.631. The van der Waals surface area contributed by atoms with Gasteiger partial charge < -0.3 is 12.9 Å². The average Bonchev–Trinajstić information content (AvgIpc) is 1.86. The molecule has 0 amide bonds. The zero-order chi connectivity index (χ0) is 8.48. The van der Waals surface area contributed by atoms with E-state index in [9.17, 15) is 12.9 Å². The van der Waals surface area contributed by atoms with Gasteiger partial charge in [0.25, 0.3) is 0 Å². The van der Waals surface area contributed by atoms with Gasteiger partial charge in [0.05, 0.1) is 0 Å². The number of aromatic nitrogens is 1. The van der Waals surface area contributed by atoms with Crippen molar-refractivity contribution in [2.75, 3.05) is 0 Å². The molecular formula is C5H3BClF3KN. The molecule has 0 aliphatic heterocycles. The van der Waals surface area contributed by atoms with Crippen LogP contribution in [0.3, 0.4) is 0 Å². The van der Waals surface area contributed by atoms with Crippen LogP contribution in [0.5, 0.6) is 0 Å². The third-order valence-electron chi connectivity index (χ3n) is 1.15. The zero-order valence-corrected chi connectivity index (χ0v) is 10.1. The van der Waals surface area contributed by atoms with Crippen LogP contribution in [0.25, 0.3) is 0 Å². The van der Waals surface area contributed by atoms with Gasteiger partial charge in [-0.25, -0.2) is 0 Å². The van der Waals surface area contributed by atoms with E-state index < -0.39 is 12.4 Å². The third kappa shape index (κ3) is 3.35. The van der Waals surface area contributed by atoms with E-state index >= 15 is 0 Å². The van der Waals surface area contributed by atoms with Crippen molar-refractivity contribution in [2.45, 2.75) is 0 Å². The largest absolute Gasteiger partial charge is 1.00 e. The Labute approximate surface area is 115 Å². The van der Waals surface area contributed by atoms with Crippen molar-refractivity contribution in [3.05, 3.63) is 23.5 Å². The van der Waals surface area contributed by atoms with Crippen molar-refractivity contribution in [3.63, 3.8) is 0 Å². The number of rotatable bonds is 1. The second kappa shape index (κ2) is 4.97. The third-order valence-corrected chi connectivity index (χ3v) is 1.49. The number of hydrogen-bond donors (Lipinski definition) is 0. The van der Waals surface area contributed by atoms with Crippen LogP contribution >= 0.6 is 11.6 Å². The van der Waals surface area contributed by atoms with Gasteiger partial charge in [-0.15, -0.1) is 0 Å². The molecule has 0 aliphatic rings. The quantitative estimate of drug-likeness (QED) is 0.541. The van der Waals surface area contributed by atoms with Gasteiger partial charge in [-0.1, -0.05) is 17.1 Å². The Morgan fingerprint density at radius 2 is 1.92 bits per heavy atom. The maximum atomic E-state index is 12.0. The minimum Gasteiger partial charge on any atom is -0.445 e. The Balaban J connectivity index is 0.00000121. The van der Waals surface area contributed by atoms with Crippen LogP contribution in [0, 0.1) is 0 Å². The van der Waals surface area contributed by atoms with Gasteiger partial charge in [-0.3, -0.25) is 4.98 Å². The Bertz CT molecular complexity index is 267. The van der Waals surface area contributed by atoms with E-state index in [0.717, 1.165) is 12.3 Å².